The van der Waals surface area contributed by atoms with Gasteiger partial charge in [-0.15, -0.1) is 0 Å². The number of ketones is 1. The van der Waals surface area contributed by atoms with Crippen molar-refractivity contribution in [3.63, 3.8) is 0 Å². The van der Waals surface area contributed by atoms with Gasteiger partial charge in [0, 0.05) is 5.56 Å². The van der Waals surface area contributed by atoms with Crippen LogP contribution < -0.4 is 4.72 Å². The molecule has 7 nitrogen and oxygen atoms in total. The van der Waals surface area contributed by atoms with Crippen molar-refractivity contribution < 1.29 is 22.7 Å². The van der Waals surface area contributed by atoms with Gasteiger partial charge in [-0.2, -0.15) is 9.98 Å². The quantitative estimate of drug-likeness (QED) is 0.563. The van der Waals surface area contributed by atoms with Gasteiger partial charge in [0.15, 0.2) is 6.10 Å². The molecule has 0 bridgehead atoms. The van der Waals surface area contributed by atoms with Crippen LogP contribution in [0.3, 0.4) is 0 Å². The van der Waals surface area contributed by atoms with Crippen LogP contribution in [-0.2, 0) is 19.6 Å². The lowest BCUT2D eigenvalue weighted by Gasteiger charge is -2.14. The summed E-state index contributed by atoms with van der Waals surface area (Å²) in [5.41, 5.74) is 2.34. The monoisotopic (exact) mass is 400 g/mol. The second-order valence-corrected chi connectivity index (χ2v) is 7.96. The summed E-state index contributed by atoms with van der Waals surface area (Å²) < 4.78 is 31.7. The Bertz CT molecular complexity index is 1050. The van der Waals surface area contributed by atoms with E-state index >= 15 is 0 Å². The number of carbonyl (C=O) groups excluding carboxylic acids is 2. The molecule has 0 saturated heterocycles. The fourth-order valence-corrected chi connectivity index (χ4v) is 3.57. The minimum Gasteiger partial charge on any atom is -0.453 e. The van der Waals surface area contributed by atoms with Crippen LogP contribution in [0.1, 0.15) is 34.0 Å². The number of benzene rings is 2. The Morgan fingerprint density at radius 3 is 2.46 bits per heavy atom. The Labute approximate surface area is 164 Å². The Morgan fingerprint density at radius 1 is 1.14 bits per heavy atom. The summed E-state index contributed by atoms with van der Waals surface area (Å²) in [5.74, 6) is -1.28. The molecule has 146 valence electrons. The molecule has 2 rings (SSSR count). The predicted octanol–water partition coefficient (Wildman–Crippen LogP) is 2.27. The zero-order valence-electron chi connectivity index (χ0n) is 15.7. The van der Waals surface area contributed by atoms with E-state index in [-0.39, 0.29) is 16.2 Å². The molecule has 0 saturated carbocycles. The SMILES string of the molecule is Cc1ccc(C(=O)[C@H](C)OC(=O)CNS(=O)(=O)c2ccccc2C#N)cc1C. The second kappa shape index (κ2) is 8.78. The molecule has 1 atom stereocenters. The molecule has 0 fully saturated rings. The first-order valence-corrected chi connectivity index (χ1v) is 9.93. The Kier molecular flexibility index (Phi) is 6.67. The van der Waals surface area contributed by atoms with Crippen LogP contribution in [-0.4, -0.2) is 32.8 Å². The van der Waals surface area contributed by atoms with E-state index < -0.39 is 28.6 Å². The number of rotatable bonds is 7. The molecule has 0 aromatic heterocycles. The lowest BCUT2D eigenvalue weighted by atomic mass is 10.0. The molecule has 0 radical (unpaired) electrons. The zero-order chi connectivity index (χ0) is 20.9. The summed E-state index contributed by atoms with van der Waals surface area (Å²) in [5, 5.41) is 9.01. The van der Waals surface area contributed by atoms with E-state index in [9.17, 15) is 18.0 Å². The number of ether oxygens (including phenoxy) is 1. The van der Waals surface area contributed by atoms with Crippen LogP contribution in [0.5, 0.6) is 0 Å². The number of nitrogens with zero attached hydrogens (tertiary/aromatic N) is 1. The number of sulfonamides is 1. The molecule has 0 unspecified atom stereocenters. The molecule has 0 aliphatic carbocycles. The summed E-state index contributed by atoms with van der Waals surface area (Å²) in [6.07, 6.45) is -1.06. The van der Waals surface area contributed by atoms with Gasteiger partial charge in [0.25, 0.3) is 0 Å². The fraction of sp³-hybridized carbons (Fsp3) is 0.250. The first-order chi connectivity index (χ1) is 13.2. The Hall–Kier alpha value is -3.02. The number of nitrogens with one attached hydrogen (secondary N) is 1. The van der Waals surface area contributed by atoms with Gasteiger partial charge in [0.2, 0.25) is 15.8 Å². The van der Waals surface area contributed by atoms with E-state index in [2.05, 4.69) is 4.72 Å². The smallest absolute Gasteiger partial charge is 0.321 e. The van der Waals surface area contributed by atoms with E-state index in [1.54, 1.807) is 24.3 Å². The molecule has 0 aliphatic rings. The van der Waals surface area contributed by atoms with Crippen molar-refractivity contribution in [2.45, 2.75) is 31.8 Å². The van der Waals surface area contributed by atoms with Crippen LogP contribution in [0.15, 0.2) is 47.4 Å². The van der Waals surface area contributed by atoms with Crippen molar-refractivity contribution in [2.75, 3.05) is 6.54 Å². The first-order valence-electron chi connectivity index (χ1n) is 8.45. The van der Waals surface area contributed by atoms with Gasteiger partial charge >= 0.3 is 5.97 Å². The standard InChI is InChI=1S/C20H20N2O5S/c1-13-8-9-16(10-14(13)2)20(24)15(3)27-19(23)12-22-28(25,26)18-7-5-4-6-17(18)11-21/h4-10,15,22H,12H2,1-3H3/t15-/m0/s1. The highest BCUT2D eigenvalue weighted by Crippen LogP contribution is 2.15. The molecule has 0 heterocycles. The second-order valence-electron chi connectivity index (χ2n) is 6.23. The summed E-state index contributed by atoms with van der Waals surface area (Å²) in [4.78, 5) is 24.1. The molecule has 2 aromatic carbocycles. The topological polar surface area (TPSA) is 113 Å². The van der Waals surface area contributed by atoms with Gasteiger partial charge in [-0.25, -0.2) is 8.42 Å². The maximum absolute atomic E-state index is 12.4. The molecule has 1 N–H and O–H groups in total. The normalized spacial score (nSPS) is 12.1. The zero-order valence-corrected chi connectivity index (χ0v) is 16.5. The van der Waals surface area contributed by atoms with Crippen LogP contribution in [0.2, 0.25) is 0 Å². The summed E-state index contributed by atoms with van der Waals surface area (Å²) in [7, 11) is -4.07. The molecule has 2 aromatic rings. The van der Waals surface area contributed by atoms with Gasteiger partial charge in [-0.05, 0) is 50.1 Å². The highest BCUT2D eigenvalue weighted by Gasteiger charge is 2.23. The van der Waals surface area contributed by atoms with Crippen LogP contribution in [0.25, 0.3) is 0 Å². The fourth-order valence-electron chi connectivity index (χ4n) is 2.45. The van der Waals surface area contributed by atoms with E-state index in [0.717, 1.165) is 11.1 Å². The number of nitriles is 1. The van der Waals surface area contributed by atoms with E-state index in [1.807, 2.05) is 13.8 Å². The van der Waals surface area contributed by atoms with Crippen LogP contribution in [0, 0.1) is 25.2 Å². The van der Waals surface area contributed by atoms with Gasteiger partial charge in [-0.3, -0.25) is 9.59 Å². The highest BCUT2D eigenvalue weighted by molar-refractivity contribution is 7.89. The molecular formula is C20H20N2O5S. The highest BCUT2D eigenvalue weighted by atomic mass is 32.2. The molecule has 0 amide bonds. The minimum atomic E-state index is -4.07. The van der Waals surface area contributed by atoms with Crippen molar-refractivity contribution in [2.24, 2.45) is 0 Å². The number of hydrogen-bond acceptors (Lipinski definition) is 6. The van der Waals surface area contributed by atoms with Crippen LogP contribution in [0.4, 0.5) is 0 Å². The third-order valence-corrected chi connectivity index (χ3v) is 5.63. The maximum atomic E-state index is 12.4. The van der Waals surface area contributed by atoms with Gasteiger partial charge in [0.05, 0.1) is 10.5 Å². The third kappa shape index (κ3) is 5.03. The number of Topliss-reactive ketones (excluding diaryl/α,β-unsaturated/α-hetero) is 1. The number of aryl methyl sites for hydroxylation is 2. The lowest BCUT2D eigenvalue weighted by molar-refractivity contribution is -0.144. The number of carbonyl (C=O) groups is 2. The maximum Gasteiger partial charge on any atom is 0.321 e. The molecule has 0 spiro atoms. The largest absolute Gasteiger partial charge is 0.453 e. The van der Waals surface area contributed by atoms with Crippen molar-refractivity contribution in [3.05, 3.63) is 64.7 Å². The number of esters is 1. The van der Waals surface area contributed by atoms with Gasteiger partial charge in [0.1, 0.15) is 12.6 Å². The lowest BCUT2D eigenvalue weighted by Crippen LogP contribution is -2.34. The Morgan fingerprint density at radius 2 is 1.82 bits per heavy atom. The van der Waals surface area contributed by atoms with Gasteiger partial charge < -0.3 is 4.74 Å². The van der Waals surface area contributed by atoms with E-state index in [4.69, 9.17) is 10.00 Å². The van der Waals surface area contributed by atoms with E-state index in [1.165, 1.54) is 31.2 Å². The molecule has 28 heavy (non-hydrogen) atoms. The summed E-state index contributed by atoms with van der Waals surface area (Å²) >= 11 is 0. The molecule has 0 aliphatic heterocycles. The Balaban J connectivity index is 2.00. The summed E-state index contributed by atoms with van der Waals surface area (Å²) in [6.45, 7) is 4.56. The predicted molar refractivity (Wildman–Crippen MR) is 102 cm³/mol. The van der Waals surface area contributed by atoms with Crippen molar-refractivity contribution in [1.82, 2.24) is 4.72 Å². The molecular weight excluding hydrogens is 380 g/mol. The van der Waals surface area contributed by atoms with Crippen molar-refractivity contribution >= 4 is 21.8 Å². The van der Waals surface area contributed by atoms with Crippen molar-refractivity contribution in [1.29, 1.82) is 5.26 Å². The molecule has 8 heteroatoms. The van der Waals surface area contributed by atoms with Crippen molar-refractivity contribution in [3.8, 4) is 6.07 Å². The van der Waals surface area contributed by atoms with E-state index in [0.29, 0.717) is 5.56 Å². The average molecular weight is 400 g/mol. The third-order valence-electron chi connectivity index (χ3n) is 4.17. The summed E-state index contributed by atoms with van der Waals surface area (Å²) in [6, 6.07) is 12.6. The minimum absolute atomic E-state index is 0.0401. The first kappa shape index (κ1) is 21.3. The number of hydrogen-bond donors (Lipinski definition) is 1. The van der Waals surface area contributed by atoms with Crippen LogP contribution >= 0.6 is 0 Å². The van der Waals surface area contributed by atoms with Gasteiger partial charge in [-0.1, -0.05) is 24.3 Å². The average Bonchev–Trinajstić information content (AvgIpc) is 2.68.